The molecule has 1 aromatic heterocycles. The summed E-state index contributed by atoms with van der Waals surface area (Å²) in [6.07, 6.45) is 1.10. The van der Waals surface area contributed by atoms with E-state index in [-0.39, 0.29) is 0 Å². The molecule has 0 fully saturated rings. The van der Waals surface area contributed by atoms with Crippen LogP contribution in [0.25, 0.3) is 0 Å². The van der Waals surface area contributed by atoms with Gasteiger partial charge in [0, 0.05) is 31.9 Å². The second-order valence-corrected chi connectivity index (χ2v) is 4.76. The van der Waals surface area contributed by atoms with Crippen LogP contribution in [0.2, 0.25) is 0 Å². The zero-order valence-electron chi connectivity index (χ0n) is 11.6. The molecular formula is C13H24N4. The number of aryl methyl sites for hydroxylation is 1. The van der Waals surface area contributed by atoms with Gasteiger partial charge >= 0.3 is 0 Å². The number of hydrogen-bond acceptors (Lipinski definition) is 4. The minimum atomic E-state index is 0.474. The standard InChI is InChI=1S/C13H24N4/c1-6-7-17(5)13-15-11(4)8-12(16-13)9-14-10(2)3/h8,10,14H,6-7,9H2,1-5H3. The molecule has 17 heavy (non-hydrogen) atoms. The van der Waals surface area contributed by atoms with Crippen LogP contribution in [-0.4, -0.2) is 29.6 Å². The highest BCUT2D eigenvalue weighted by atomic mass is 15.2. The fourth-order valence-electron chi connectivity index (χ4n) is 1.62. The molecule has 0 atom stereocenters. The Bertz CT molecular complexity index is 349. The zero-order valence-corrected chi connectivity index (χ0v) is 11.6. The lowest BCUT2D eigenvalue weighted by molar-refractivity contribution is 0.580. The summed E-state index contributed by atoms with van der Waals surface area (Å²) in [5, 5.41) is 3.38. The summed E-state index contributed by atoms with van der Waals surface area (Å²) < 4.78 is 0. The van der Waals surface area contributed by atoms with Crippen molar-refractivity contribution < 1.29 is 0 Å². The monoisotopic (exact) mass is 236 g/mol. The first-order valence-corrected chi connectivity index (χ1v) is 6.32. The van der Waals surface area contributed by atoms with E-state index in [0.717, 1.165) is 36.8 Å². The van der Waals surface area contributed by atoms with Crippen LogP contribution in [0.15, 0.2) is 6.07 Å². The van der Waals surface area contributed by atoms with Crippen molar-refractivity contribution in [1.82, 2.24) is 15.3 Å². The van der Waals surface area contributed by atoms with Crippen LogP contribution in [0, 0.1) is 6.92 Å². The maximum atomic E-state index is 4.58. The quantitative estimate of drug-likeness (QED) is 0.821. The molecule has 0 aromatic carbocycles. The Balaban J connectivity index is 2.78. The summed E-state index contributed by atoms with van der Waals surface area (Å²) in [6.45, 7) is 10.2. The molecule has 0 aliphatic heterocycles. The highest BCUT2D eigenvalue weighted by molar-refractivity contribution is 5.30. The third-order valence-corrected chi connectivity index (χ3v) is 2.49. The molecule has 1 aromatic rings. The topological polar surface area (TPSA) is 41.1 Å². The average molecular weight is 236 g/mol. The van der Waals surface area contributed by atoms with Gasteiger partial charge in [0.1, 0.15) is 0 Å². The van der Waals surface area contributed by atoms with E-state index in [1.165, 1.54) is 0 Å². The Kier molecular flexibility index (Phi) is 5.35. The van der Waals surface area contributed by atoms with Crippen molar-refractivity contribution >= 4 is 5.95 Å². The van der Waals surface area contributed by atoms with Crippen LogP contribution in [0.4, 0.5) is 5.95 Å². The SMILES string of the molecule is CCCN(C)c1nc(C)cc(CNC(C)C)n1. The predicted molar refractivity (Wildman–Crippen MR) is 72.3 cm³/mol. The Labute approximate surface area is 104 Å². The normalized spacial score (nSPS) is 10.9. The third-order valence-electron chi connectivity index (χ3n) is 2.49. The second kappa shape index (κ2) is 6.55. The van der Waals surface area contributed by atoms with Gasteiger partial charge in [0.25, 0.3) is 0 Å². The highest BCUT2D eigenvalue weighted by Gasteiger charge is 2.06. The summed E-state index contributed by atoms with van der Waals surface area (Å²) in [7, 11) is 2.04. The minimum absolute atomic E-state index is 0.474. The van der Waals surface area contributed by atoms with Crippen molar-refractivity contribution in [2.75, 3.05) is 18.5 Å². The third kappa shape index (κ3) is 4.69. The van der Waals surface area contributed by atoms with Crippen molar-refractivity contribution in [1.29, 1.82) is 0 Å². The molecule has 0 saturated carbocycles. The number of aromatic nitrogens is 2. The van der Waals surface area contributed by atoms with Gasteiger partial charge in [0.05, 0.1) is 5.69 Å². The zero-order chi connectivity index (χ0) is 12.8. The van der Waals surface area contributed by atoms with Gasteiger partial charge < -0.3 is 10.2 Å². The molecule has 0 amide bonds. The number of rotatable bonds is 6. The maximum Gasteiger partial charge on any atom is 0.225 e. The van der Waals surface area contributed by atoms with Gasteiger partial charge in [-0.05, 0) is 19.4 Å². The van der Waals surface area contributed by atoms with Gasteiger partial charge in [0.15, 0.2) is 0 Å². The molecule has 0 radical (unpaired) electrons. The van der Waals surface area contributed by atoms with Crippen molar-refractivity contribution in [2.24, 2.45) is 0 Å². The van der Waals surface area contributed by atoms with Gasteiger partial charge in [-0.1, -0.05) is 20.8 Å². The molecule has 96 valence electrons. The van der Waals surface area contributed by atoms with Gasteiger partial charge in [0.2, 0.25) is 5.95 Å². The molecule has 0 aliphatic carbocycles. The average Bonchev–Trinajstić information content (AvgIpc) is 2.26. The van der Waals surface area contributed by atoms with Crippen molar-refractivity contribution in [3.8, 4) is 0 Å². The molecule has 0 unspecified atom stereocenters. The highest BCUT2D eigenvalue weighted by Crippen LogP contribution is 2.09. The van der Waals surface area contributed by atoms with Crippen LogP contribution in [0.3, 0.4) is 0 Å². The van der Waals surface area contributed by atoms with Crippen molar-refractivity contribution in [2.45, 2.75) is 46.7 Å². The number of nitrogens with zero attached hydrogens (tertiary/aromatic N) is 3. The largest absolute Gasteiger partial charge is 0.344 e. The Morgan fingerprint density at radius 3 is 2.65 bits per heavy atom. The fraction of sp³-hybridized carbons (Fsp3) is 0.692. The van der Waals surface area contributed by atoms with Gasteiger partial charge in [-0.2, -0.15) is 0 Å². The first kappa shape index (κ1) is 13.9. The van der Waals surface area contributed by atoms with Gasteiger partial charge in [-0.15, -0.1) is 0 Å². The lowest BCUT2D eigenvalue weighted by Gasteiger charge is -2.17. The molecule has 0 aliphatic rings. The molecule has 4 heteroatoms. The molecular weight excluding hydrogens is 212 g/mol. The number of hydrogen-bond donors (Lipinski definition) is 1. The minimum Gasteiger partial charge on any atom is -0.344 e. The van der Waals surface area contributed by atoms with Crippen molar-refractivity contribution in [3.05, 3.63) is 17.5 Å². The molecule has 1 heterocycles. The van der Waals surface area contributed by atoms with E-state index in [4.69, 9.17) is 0 Å². The summed E-state index contributed by atoms with van der Waals surface area (Å²) in [5.74, 6) is 0.826. The van der Waals surface area contributed by atoms with E-state index in [9.17, 15) is 0 Å². The molecule has 0 spiro atoms. The van der Waals surface area contributed by atoms with Crippen LogP contribution in [0.1, 0.15) is 38.6 Å². The predicted octanol–water partition coefficient (Wildman–Crippen LogP) is 2.13. The molecule has 0 saturated heterocycles. The second-order valence-electron chi connectivity index (χ2n) is 4.76. The van der Waals surface area contributed by atoms with E-state index in [2.05, 4.69) is 41.0 Å². The van der Waals surface area contributed by atoms with E-state index in [1.54, 1.807) is 0 Å². The summed E-state index contributed by atoms with van der Waals surface area (Å²) in [5.41, 5.74) is 2.09. The molecule has 1 N–H and O–H groups in total. The molecule has 4 nitrogen and oxygen atoms in total. The van der Waals surface area contributed by atoms with Crippen LogP contribution in [0.5, 0.6) is 0 Å². The Morgan fingerprint density at radius 1 is 1.35 bits per heavy atom. The summed E-state index contributed by atoms with van der Waals surface area (Å²) >= 11 is 0. The summed E-state index contributed by atoms with van der Waals surface area (Å²) in [4.78, 5) is 11.1. The Hall–Kier alpha value is -1.16. The molecule has 1 rings (SSSR count). The van der Waals surface area contributed by atoms with E-state index in [0.29, 0.717) is 6.04 Å². The number of anilines is 1. The fourth-order valence-corrected chi connectivity index (χ4v) is 1.62. The van der Waals surface area contributed by atoms with Crippen LogP contribution in [-0.2, 0) is 6.54 Å². The summed E-state index contributed by atoms with van der Waals surface area (Å²) in [6, 6.07) is 2.51. The smallest absolute Gasteiger partial charge is 0.225 e. The lowest BCUT2D eigenvalue weighted by Crippen LogP contribution is -2.25. The van der Waals surface area contributed by atoms with Crippen LogP contribution < -0.4 is 10.2 Å². The molecule has 0 bridgehead atoms. The van der Waals surface area contributed by atoms with E-state index < -0.39 is 0 Å². The van der Waals surface area contributed by atoms with Crippen molar-refractivity contribution in [3.63, 3.8) is 0 Å². The van der Waals surface area contributed by atoms with Gasteiger partial charge in [-0.3, -0.25) is 0 Å². The number of nitrogens with one attached hydrogen (secondary N) is 1. The van der Waals surface area contributed by atoms with E-state index in [1.807, 2.05) is 20.0 Å². The van der Waals surface area contributed by atoms with Crippen LogP contribution >= 0.6 is 0 Å². The first-order chi connectivity index (χ1) is 8.02. The lowest BCUT2D eigenvalue weighted by atomic mass is 10.3. The maximum absolute atomic E-state index is 4.58. The first-order valence-electron chi connectivity index (χ1n) is 6.32. The Morgan fingerprint density at radius 2 is 2.06 bits per heavy atom. The van der Waals surface area contributed by atoms with Gasteiger partial charge in [-0.25, -0.2) is 9.97 Å². The van der Waals surface area contributed by atoms with E-state index >= 15 is 0 Å².